The molecule has 0 amide bonds. The third-order valence-electron chi connectivity index (χ3n) is 1.79. The second-order valence-electron chi connectivity index (χ2n) is 2.94. The molecule has 0 saturated carbocycles. The van der Waals surface area contributed by atoms with E-state index in [-0.39, 0.29) is 29.6 Å². The standard InChI is InChI=1S/C7H10O7.Na/c1-7(14,6(12)13)3(5(10)11)2-4(8)9;/h3,14H,2H2,1H3,(H,8,9)(H,10,11)(H,12,13);/q;+1/t3-,7-;/m0./s1. The summed E-state index contributed by atoms with van der Waals surface area (Å²) in [5.41, 5.74) is -2.59. The Bertz CT molecular complexity index is 273. The summed E-state index contributed by atoms with van der Waals surface area (Å²) in [5, 5.41) is 34.5. The quantitative estimate of drug-likeness (QED) is 0.353. The second kappa shape index (κ2) is 6.06. The van der Waals surface area contributed by atoms with Gasteiger partial charge in [0.05, 0.1) is 6.42 Å². The minimum Gasteiger partial charge on any atom is -0.481 e. The molecule has 0 aliphatic heterocycles. The topological polar surface area (TPSA) is 132 Å². The molecule has 0 unspecified atom stereocenters. The van der Waals surface area contributed by atoms with Gasteiger partial charge in [0.25, 0.3) is 0 Å². The van der Waals surface area contributed by atoms with Crippen LogP contribution in [0.2, 0.25) is 0 Å². The fourth-order valence-corrected chi connectivity index (χ4v) is 0.850. The zero-order chi connectivity index (χ0) is 11.5. The van der Waals surface area contributed by atoms with E-state index in [9.17, 15) is 19.5 Å². The first-order chi connectivity index (χ1) is 6.19. The summed E-state index contributed by atoms with van der Waals surface area (Å²) < 4.78 is 0. The fraction of sp³-hybridized carbons (Fsp3) is 0.571. The van der Waals surface area contributed by atoms with Crippen molar-refractivity contribution in [3.63, 3.8) is 0 Å². The van der Waals surface area contributed by atoms with E-state index >= 15 is 0 Å². The van der Waals surface area contributed by atoms with Gasteiger partial charge in [-0.05, 0) is 6.92 Å². The van der Waals surface area contributed by atoms with E-state index in [0.717, 1.165) is 6.92 Å². The van der Waals surface area contributed by atoms with Gasteiger partial charge in [-0.15, -0.1) is 0 Å². The predicted octanol–water partition coefficient (Wildman–Crippen LogP) is -4.00. The van der Waals surface area contributed by atoms with E-state index in [4.69, 9.17) is 15.3 Å². The van der Waals surface area contributed by atoms with Crippen LogP contribution in [0.4, 0.5) is 0 Å². The van der Waals surface area contributed by atoms with Crippen LogP contribution in [-0.2, 0) is 14.4 Å². The zero-order valence-electron chi connectivity index (χ0n) is 8.30. The Hall–Kier alpha value is -0.630. The normalized spacial score (nSPS) is 15.6. The average molecular weight is 229 g/mol. The summed E-state index contributed by atoms with van der Waals surface area (Å²) >= 11 is 0. The van der Waals surface area contributed by atoms with Crippen molar-refractivity contribution in [1.29, 1.82) is 0 Å². The summed E-state index contributed by atoms with van der Waals surface area (Å²) in [6, 6.07) is 0. The third kappa shape index (κ3) is 4.61. The first-order valence-electron chi connectivity index (χ1n) is 3.60. The third-order valence-corrected chi connectivity index (χ3v) is 1.79. The molecule has 0 heterocycles. The van der Waals surface area contributed by atoms with Crippen LogP contribution in [0.3, 0.4) is 0 Å². The maximum Gasteiger partial charge on any atom is 1.00 e. The Morgan fingerprint density at radius 2 is 1.60 bits per heavy atom. The van der Waals surface area contributed by atoms with Gasteiger partial charge in [-0.1, -0.05) is 0 Å². The summed E-state index contributed by atoms with van der Waals surface area (Å²) in [4.78, 5) is 31.2. The Morgan fingerprint density at radius 1 is 1.20 bits per heavy atom. The van der Waals surface area contributed by atoms with Crippen molar-refractivity contribution >= 4 is 17.9 Å². The van der Waals surface area contributed by atoms with Crippen LogP contribution in [-0.4, -0.2) is 43.9 Å². The van der Waals surface area contributed by atoms with E-state index < -0.39 is 35.8 Å². The second-order valence-corrected chi connectivity index (χ2v) is 2.94. The molecule has 15 heavy (non-hydrogen) atoms. The molecular formula is C7H10NaO7+. The van der Waals surface area contributed by atoms with Crippen LogP contribution < -0.4 is 29.6 Å². The van der Waals surface area contributed by atoms with Crippen LogP contribution >= 0.6 is 0 Å². The largest absolute Gasteiger partial charge is 1.00 e. The molecule has 7 nitrogen and oxygen atoms in total. The van der Waals surface area contributed by atoms with Gasteiger partial charge >= 0.3 is 47.5 Å². The van der Waals surface area contributed by atoms with E-state index in [1.807, 2.05) is 0 Å². The minimum absolute atomic E-state index is 0. The Morgan fingerprint density at radius 3 is 1.80 bits per heavy atom. The molecule has 0 saturated heterocycles. The predicted molar refractivity (Wildman–Crippen MR) is 41.6 cm³/mol. The molecule has 0 fully saturated rings. The monoisotopic (exact) mass is 229 g/mol. The SMILES string of the molecule is C[C@@](O)(C(=O)O)[C@@H](CC(=O)O)C(=O)O.[Na+]. The Kier molecular flexibility index (Phi) is 6.78. The number of carboxylic acids is 3. The van der Waals surface area contributed by atoms with Crippen molar-refractivity contribution in [3.05, 3.63) is 0 Å². The molecule has 2 atom stereocenters. The van der Waals surface area contributed by atoms with Gasteiger partial charge < -0.3 is 20.4 Å². The van der Waals surface area contributed by atoms with Gasteiger partial charge in [-0.3, -0.25) is 9.59 Å². The summed E-state index contributed by atoms with van der Waals surface area (Å²) in [5.74, 6) is -6.80. The minimum atomic E-state index is -2.59. The number of hydrogen-bond donors (Lipinski definition) is 4. The molecule has 80 valence electrons. The smallest absolute Gasteiger partial charge is 0.481 e. The first kappa shape index (κ1) is 16.8. The molecule has 0 radical (unpaired) electrons. The molecule has 0 rings (SSSR count). The van der Waals surface area contributed by atoms with Crippen LogP contribution in [0.15, 0.2) is 0 Å². The van der Waals surface area contributed by atoms with Crippen LogP contribution in [0.5, 0.6) is 0 Å². The summed E-state index contributed by atoms with van der Waals surface area (Å²) in [6.45, 7) is 0.747. The molecule has 0 spiro atoms. The maximum absolute atomic E-state index is 10.5. The first-order valence-corrected chi connectivity index (χ1v) is 3.60. The van der Waals surface area contributed by atoms with E-state index in [2.05, 4.69) is 0 Å². The summed E-state index contributed by atoms with van der Waals surface area (Å²) in [7, 11) is 0. The Labute approximate surface area is 107 Å². The molecule has 0 bridgehead atoms. The van der Waals surface area contributed by atoms with Crippen LogP contribution in [0, 0.1) is 5.92 Å². The molecule has 8 heteroatoms. The fourth-order valence-electron chi connectivity index (χ4n) is 0.850. The molecule has 0 aromatic carbocycles. The molecule has 0 aromatic heterocycles. The van der Waals surface area contributed by atoms with Crippen molar-refractivity contribution < 1.29 is 64.4 Å². The van der Waals surface area contributed by atoms with Gasteiger partial charge in [-0.2, -0.15) is 0 Å². The number of aliphatic carboxylic acids is 3. The van der Waals surface area contributed by atoms with Gasteiger partial charge in [0.2, 0.25) is 0 Å². The van der Waals surface area contributed by atoms with Gasteiger partial charge in [0, 0.05) is 0 Å². The number of hydrogen-bond acceptors (Lipinski definition) is 4. The van der Waals surface area contributed by atoms with Gasteiger partial charge in [0.1, 0.15) is 5.92 Å². The van der Waals surface area contributed by atoms with Crippen molar-refractivity contribution in [2.24, 2.45) is 5.92 Å². The maximum atomic E-state index is 10.5. The molecule has 0 aromatic rings. The van der Waals surface area contributed by atoms with Crippen molar-refractivity contribution in [1.82, 2.24) is 0 Å². The van der Waals surface area contributed by atoms with Crippen molar-refractivity contribution in [2.45, 2.75) is 18.9 Å². The molecule has 0 aliphatic carbocycles. The number of carbonyl (C=O) groups is 3. The van der Waals surface area contributed by atoms with Gasteiger partial charge in [0.15, 0.2) is 5.60 Å². The number of rotatable bonds is 5. The average Bonchev–Trinajstić information content (AvgIpc) is 1.98. The van der Waals surface area contributed by atoms with E-state index in [1.54, 1.807) is 0 Å². The van der Waals surface area contributed by atoms with Crippen molar-refractivity contribution in [2.75, 3.05) is 0 Å². The number of aliphatic hydroxyl groups is 1. The summed E-state index contributed by atoms with van der Waals surface area (Å²) in [6.07, 6.45) is -0.950. The zero-order valence-corrected chi connectivity index (χ0v) is 10.3. The van der Waals surface area contributed by atoms with Crippen molar-refractivity contribution in [3.8, 4) is 0 Å². The van der Waals surface area contributed by atoms with Gasteiger partial charge in [-0.25, -0.2) is 4.79 Å². The van der Waals surface area contributed by atoms with E-state index in [1.165, 1.54) is 0 Å². The molecule has 0 aliphatic rings. The molecule has 4 N–H and O–H groups in total. The van der Waals surface area contributed by atoms with Crippen LogP contribution in [0.1, 0.15) is 13.3 Å². The Balaban J connectivity index is 0. The molecular weight excluding hydrogens is 219 g/mol. The van der Waals surface area contributed by atoms with E-state index in [0.29, 0.717) is 0 Å². The van der Waals surface area contributed by atoms with Crippen LogP contribution in [0.25, 0.3) is 0 Å². The number of carboxylic acid groups (broad SMARTS) is 3.